The highest BCUT2D eigenvalue weighted by molar-refractivity contribution is 4.92. The van der Waals surface area contributed by atoms with Crippen LogP contribution in [-0.4, -0.2) is 13.1 Å². The highest BCUT2D eigenvalue weighted by Gasteiger charge is 2.36. The van der Waals surface area contributed by atoms with Gasteiger partial charge in [-0.2, -0.15) is 0 Å². The van der Waals surface area contributed by atoms with Gasteiger partial charge in [0.2, 0.25) is 0 Å². The molecule has 0 aromatic carbocycles. The van der Waals surface area contributed by atoms with E-state index in [2.05, 4.69) is 26.1 Å². The molecule has 0 aromatic rings. The van der Waals surface area contributed by atoms with Gasteiger partial charge in [0, 0.05) is 13.1 Å². The first kappa shape index (κ1) is 11.0. The molecule has 0 amide bonds. The molecular formula is C12H25N. The molecule has 1 aliphatic heterocycles. The second kappa shape index (κ2) is 4.99. The molecule has 1 saturated heterocycles. The Morgan fingerprint density at radius 3 is 2.31 bits per heavy atom. The monoisotopic (exact) mass is 183 g/mol. The van der Waals surface area contributed by atoms with E-state index in [0.29, 0.717) is 5.41 Å². The van der Waals surface area contributed by atoms with Crippen LogP contribution in [0.3, 0.4) is 0 Å². The number of hydrogen-bond acceptors (Lipinski definition) is 1. The number of rotatable bonds is 6. The zero-order valence-corrected chi connectivity index (χ0v) is 9.53. The van der Waals surface area contributed by atoms with Gasteiger partial charge in [0.25, 0.3) is 0 Å². The lowest BCUT2D eigenvalue weighted by molar-refractivity contribution is 0.114. The molecule has 0 aromatic heterocycles. The molecule has 78 valence electrons. The summed E-state index contributed by atoms with van der Waals surface area (Å²) in [6, 6.07) is 0. The van der Waals surface area contributed by atoms with Gasteiger partial charge in [0.1, 0.15) is 0 Å². The fraction of sp³-hybridized carbons (Fsp3) is 1.00. The minimum Gasteiger partial charge on any atom is -0.316 e. The molecule has 1 heteroatoms. The van der Waals surface area contributed by atoms with Crippen LogP contribution in [0, 0.1) is 11.3 Å². The molecule has 0 saturated carbocycles. The Hall–Kier alpha value is -0.0400. The van der Waals surface area contributed by atoms with Crippen LogP contribution in [0.15, 0.2) is 0 Å². The summed E-state index contributed by atoms with van der Waals surface area (Å²) in [5.41, 5.74) is 0.684. The highest BCUT2D eigenvalue weighted by Crippen LogP contribution is 2.36. The lowest BCUT2D eigenvalue weighted by Crippen LogP contribution is -2.53. The molecule has 1 heterocycles. The van der Waals surface area contributed by atoms with Crippen LogP contribution in [0.5, 0.6) is 0 Å². The molecule has 0 unspecified atom stereocenters. The summed E-state index contributed by atoms with van der Waals surface area (Å²) in [5, 5.41) is 3.43. The first-order valence-electron chi connectivity index (χ1n) is 5.89. The first-order chi connectivity index (χ1) is 6.18. The lowest BCUT2D eigenvalue weighted by Gasteiger charge is -2.44. The second-order valence-electron chi connectivity index (χ2n) is 5.16. The third-order valence-electron chi connectivity index (χ3n) is 3.15. The standard InChI is InChI=1S/C12H25N/c1-4-5-6-7-12(8-11(2)3)9-13-10-12/h11,13H,4-10H2,1-3H3. The van der Waals surface area contributed by atoms with Gasteiger partial charge in [-0.3, -0.25) is 0 Å². The second-order valence-corrected chi connectivity index (χ2v) is 5.16. The average Bonchev–Trinajstić information content (AvgIpc) is 1.99. The summed E-state index contributed by atoms with van der Waals surface area (Å²) in [6.07, 6.45) is 7.08. The van der Waals surface area contributed by atoms with E-state index in [1.807, 2.05) is 0 Å². The number of unbranched alkanes of at least 4 members (excludes halogenated alkanes) is 2. The Bertz CT molecular complexity index is 136. The summed E-state index contributed by atoms with van der Waals surface area (Å²) in [7, 11) is 0. The molecule has 1 nitrogen and oxygen atoms in total. The first-order valence-corrected chi connectivity index (χ1v) is 5.89. The van der Waals surface area contributed by atoms with Crippen LogP contribution >= 0.6 is 0 Å². The highest BCUT2D eigenvalue weighted by atomic mass is 15.0. The number of nitrogens with one attached hydrogen (secondary N) is 1. The molecule has 0 spiro atoms. The summed E-state index contributed by atoms with van der Waals surface area (Å²) in [4.78, 5) is 0. The predicted molar refractivity (Wildman–Crippen MR) is 58.9 cm³/mol. The minimum atomic E-state index is 0.684. The molecule has 0 bridgehead atoms. The van der Waals surface area contributed by atoms with Crippen molar-refractivity contribution >= 4 is 0 Å². The van der Waals surface area contributed by atoms with Crippen LogP contribution in [0.2, 0.25) is 0 Å². The molecular weight excluding hydrogens is 158 g/mol. The van der Waals surface area contributed by atoms with E-state index >= 15 is 0 Å². The van der Waals surface area contributed by atoms with E-state index in [4.69, 9.17) is 0 Å². The van der Waals surface area contributed by atoms with E-state index in [-0.39, 0.29) is 0 Å². The smallest absolute Gasteiger partial charge is 0.00203 e. The Morgan fingerprint density at radius 2 is 1.92 bits per heavy atom. The van der Waals surface area contributed by atoms with E-state index < -0.39 is 0 Å². The van der Waals surface area contributed by atoms with E-state index in [0.717, 1.165) is 5.92 Å². The van der Waals surface area contributed by atoms with Gasteiger partial charge >= 0.3 is 0 Å². The third-order valence-corrected chi connectivity index (χ3v) is 3.15. The topological polar surface area (TPSA) is 12.0 Å². The van der Waals surface area contributed by atoms with Crippen molar-refractivity contribution in [3.63, 3.8) is 0 Å². The SMILES string of the molecule is CCCCCC1(CC(C)C)CNC1. The summed E-state index contributed by atoms with van der Waals surface area (Å²) >= 11 is 0. The maximum atomic E-state index is 3.43. The van der Waals surface area contributed by atoms with Crippen LogP contribution in [0.4, 0.5) is 0 Å². The lowest BCUT2D eigenvalue weighted by atomic mass is 9.71. The minimum absolute atomic E-state index is 0.684. The van der Waals surface area contributed by atoms with Crippen molar-refractivity contribution in [2.75, 3.05) is 13.1 Å². The van der Waals surface area contributed by atoms with Crippen molar-refractivity contribution in [2.45, 2.75) is 52.9 Å². The van der Waals surface area contributed by atoms with Gasteiger partial charge in [0.05, 0.1) is 0 Å². The van der Waals surface area contributed by atoms with Gasteiger partial charge < -0.3 is 5.32 Å². The Labute approximate surface area is 83.3 Å². The fourth-order valence-corrected chi connectivity index (χ4v) is 2.52. The fourth-order valence-electron chi connectivity index (χ4n) is 2.52. The Morgan fingerprint density at radius 1 is 1.23 bits per heavy atom. The zero-order valence-electron chi connectivity index (χ0n) is 9.53. The average molecular weight is 183 g/mol. The largest absolute Gasteiger partial charge is 0.316 e. The molecule has 1 N–H and O–H groups in total. The van der Waals surface area contributed by atoms with E-state index in [1.165, 1.54) is 45.2 Å². The maximum Gasteiger partial charge on any atom is 0.00203 e. The molecule has 1 fully saturated rings. The third kappa shape index (κ3) is 3.30. The molecule has 0 atom stereocenters. The van der Waals surface area contributed by atoms with E-state index in [1.54, 1.807) is 0 Å². The Kier molecular flexibility index (Phi) is 4.24. The van der Waals surface area contributed by atoms with Crippen LogP contribution in [0.25, 0.3) is 0 Å². The predicted octanol–water partition coefficient (Wildman–Crippen LogP) is 3.20. The van der Waals surface area contributed by atoms with Gasteiger partial charge in [-0.1, -0.05) is 40.0 Å². The molecule has 13 heavy (non-hydrogen) atoms. The summed E-state index contributed by atoms with van der Waals surface area (Å²) in [6.45, 7) is 9.53. The molecule has 0 radical (unpaired) electrons. The van der Waals surface area contributed by atoms with Gasteiger partial charge in [-0.05, 0) is 24.2 Å². The number of hydrogen-bond donors (Lipinski definition) is 1. The normalized spacial score (nSPS) is 20.3. The zero-order chi connectivity index (χ0) is 9.73. The van der Waals surface area contributed by atoms with Crippen molar-refractivity contribution in [1.29, 1.82) is 0 Å². The summed E-state index contributed by atoms with van der Waals surface area (Å²) in [5.74, 6) is 0.865. The maximum absolute atomic E-state index is 3.43. The van der Waals surface area contributed by atoms with Crippen molar-refractivity contribution in [1.82, 2.24) is 5.32 Å². The van der Waals surface area contributed by atoms with E-state index in [9.17, 15) is 0 Å². The molecule has 1 rings (SSSR count). The van der Waals surface area contributed by atoms with Crippen LogP contribution < -0.4 is 5.32 Å². The summed E-state index contributed by atoms with van der Waals surface area (Å²) < 4.78 is 0. The Balaban J connectivity index is 2.23. The van der Waals surface area contributed by atoms with Crippen LogP contribution in [0.1, 0.15) is 52.9 Å². The van der Waals surface area contributed by atoms with Crippen molar-refractivity contribution < 1.29 is 0 Å². The van der Waals surface area contributed by atoms with Gasteiger partial charge in [-0.15, -0.1) is 0 Å². The van der Waals surface area contributed by atoms with Gasteiger partial charge in [-0.25, -0.2) is 0 Å². The quantitative estimate of drug-likeness (QED) is 0.624. The molecule has 1 aliphatic rings. The van der Waals surface area contributed by atoms with Crippen molar-refractivity contribution in [3.05, 3.63) is 0 Å². The molecule has 0 aliphatic carbocycles. The van der Waals surface area contributed by atoms with Crippen molar-refractivity contribution in [2.24, 2.45) is 11.3 Å². The van der Waals surface area contributed by atoms with Crippen molar-refractivity contribution in [3.8, 4) is 0 Å². The van der Waals surface area contributed by atoms with Gasteiger partial charge in [0.15, 0.2) is 0 Å². The van der Waals surface area contributed by atoms with Crippen LogP contribution in [-0.2, 0) is 0 Å².